The summed E-state index contributed by atoms with van der Waals surface area (Å²) >= 11 is 3.49. The number of nitrogens with zero attached hydrogens (tertiary/aromatic N) is 1. The van der Waals surface area contributed by atoms with Crippen LogP contribution in [0.1, 0.15) is 21.5 Å². The maximum atomic E-state index is 12.4. The number of carbonyl (C=O) groups is 1. The summed E-state index contributed by atoms with van der Waals surface area (Å²) in [5, 5.41) is 0. The monoisotopic (exact) mass is 342 g/mol. The van der Waals surface area contributed by atoms with Gasteiger partial charge in [-0.3, -0.25) is 4.79 Å². The quantitative estimate of drug-likeness (QED) is 0.864. The van der Waals surface area contributed by atoms with Crippen molar-refractivity contribution in [1.82, 2.24) is 4.90 Å². The number of hydrogen-bond donors (Lipinski definition) is 1. The highest BCUT2D eigenvalue weighted by Gasteiger charge is 2.30. The Morgan fingerprint density at radius 1 is 1.19 bits per heavy atom. The van der Waals surface area contributed by atoms with Crippen LogP contribution in [0.25, 0.3) is 6.08 Å². The number of hydrogen-bond acceptors (Lipinski definition) is 2. The van der Waals surface area contributed by atoms with Crippen LogP contribution in [0.2, 0.25) is 0 Å². The van der Waals surface area contributed by atoms with E-state index in [0.29, 0.717) is 24.3 Å². The van der Waals surface area contributed by atoms with Gasteiger partial charge in [0.15, 0.2) is 0 Å². The first kappa shape index (κ1) is 13.9. The highest BCUT2D eigenvalue weighted by Crippen LogP contribution is 2.33. The van der Waals surface area contributed by atoms with E-state index in [1.165, 1.54) is 0 Å². The molecule has 21 heavy (non-hydrogen) atoms. The first-order chi connectivity index (χ1) is 10.2. The number of carbonyl (C=O) groups excluding carboxylic acids is 1. The van der Waals surface area contributed by atoms with E-state index in [1.807, 2.05) is 48.6 Å². The van der Waals surface area contributed by atoms with Gasteiger partial charge in [0.1, 0.15) is 0 Å². The van der Waals surface area contributed by atoms with Gasteiger partial charge in [0.25, 0.3) is 5.91 Å². The van der Waals surface area contributed by atoms with Crippen molar-refractivity contribution in [3.05, 3.63) is 69.7 Å². The third-order valence-electron chi connectivity index (χ3n) is 3.57. The third-order valence-corrected chi connectivity index (χ3v) is 4.32. The Morgan fingerprint density at radius 2 is 1.95 bits per heavy atom. The SMILES string of the molecule is Nc1ccc(Br)c2c1C(=O)N(C/C=C/c1ccccc1)C2. The van der Waals surface area contributed by atoms with Crippen molar-refractivity contribution in [1.29, 1.82) is 0 Å². The van der Waals surface area contributed by atoms with Gasteiger partial charge in [-0.05, 0) is 17.7 Å². The molecule has 0 aromatic heterocycles. The van der Waals surface area contributed by atoms with E-state index in [0.717, 1.165) is 15.6 Å². The van der Waals surface area contributed by atoms with Crippen LogP contribution in [-0.4, -0.2) is 17.4 Å². The second-order valence-electron chi connectivity index (χ2n) is 4.99. The van der Waals surface area contributed by atoms with E-state index >= 15 is 0 Å². The van der Waals surface area contributed by atoms with Gasteiger partial charge in [0, 0.05) is 28.8 Å². The molecule has 0 fully saturated rings. The molecule has 0 saturated carbocycles. The van der Waals surface area contributed by atoms with Gasteiger partial charge < -0.3 is 10.6 Å². The van der Waals surface area contributed by atoms with Gasteiger partial charge in [0.05, 0.1) is 5.56 Å². The predicted octanol–water partition coefficient (Wildman–Crippen LogP) is 3.70. The van der Waals surface area contributed by atoms with Crippen LogP contribution >= 0.6 is 15.9 Å². The van der Waals surface area contributed by atoms with E-state index < -0.39 is 0 Å². The summed E-state index contributed by atoms with van der Waals surface area (Å²) in [4.78, 5) is 14.2. The summed E-state index contributed by atoms with van der Waals surface area (Å²) in [7, 11) is 0. The van der Waals surface area contributed by atoms with Crippen molar-refractivity contribution in [2.45, 2.75) is 6.54 Å². The standard InChI is InChI=1S/C17H15BrN2O/c18-14-8-9-15(19)16-13(14)11-20(17(16)21)10-4-7-12-5-2-1-3-6-12/h1-9H,10-11,19H2/b7-4+. The molecule has 1 aliphatic rings. The van der Waals surface area contributed by atoms with Crippen molar-refractivity contribution in [3.63, 3.8) is 0 Å². The Hall–Kier alpha value is -2.07. The Kier molecular flexibility index (Phi) is 3.80. The molecule has 0 saturated heterocycles. The zero-order valence-corrected chi connectivity index (χ0v) is 13.0. The smallest absolute Gasteiger partial charge is 0.256 e. The molecule has 2 N–H and O–H groups in total. The number of nitrogen functional groups attached to an aromatic ring is 1. The Bertz CT molecular complexity index is 710. The maximum Gasteiger partial charge on any atom is 0.256 e. The average Bonchev–Trinajstić information content (AvgIpc) is 2.83. The molecule has 2 aromatic rings. The minimum Gasteiger partial charge on any atom is -0.398 e. The van der Waals surface area contributed by atoms with Gasteiger partial charge >= 0.3 is 0 Å². The Labute approximate surface area is 132 Å². The van der Waals surface area contributed by atoms with Crippen LogP contribution in [-0.2, 0) is 6.54 Å². The van der Waals surface area contributed by atoms with Gasteiger partial charge in [0.2, 0.25) is 0 Å². The fourth-order valence-electron chi connectivity index (χ4n) is 2.50. The molecule has 1 amide bonds. The van der Waals surface area contributed by atoms with Crippen LogP contribution in [0, 0.1) is 0 Å². The number of halogens is 1. The first-order valence-electron chi connectivity index (χ1n) is 6.74. The second kappa shape index (κ2) is 5.74. The van der Waals surface area contributed by atoms with Crippen molar-refractivity contribution in [2.75, 3.05) is 12.3 Å². The molecule has 4 heteroatoms. The molecule has 1 heterocycles. The van der Waals surface area contributed by atoms with E-state index in [1.54, 1.807) is 11.0 Å². The van der Waals surface area contributed by atoms with E-state index in [-0.39, 0.29) is 5.91 Å². The van der Waals surface area contributed by atoms with Gasteiger partial charge in [-0.2, -0.15) is 0 Å². The lowest BCUT2D eigenvalue weighted by Gasteiger charge is -2.12. The fourth-order valence-corrected chi connectivity index (χ4v) is 2.95. The van der Waals surface area contributed by atoms with Crippen LogP contribution < -0.4 is 5.73 Å². The molecule has 3 nitrogen and oxygen atoms in total. The predicted molar refractivity (Wildman–Crippen MR) is 88.8 cm³/mol. The topological polar surface area (TPSA) is 46.3 Å². The van der Waals surface area contributed by atoms with Crippen LogP contribution in [0.5, 0.6) is 0 Å². The van der Waals surface area contributed by atoms with E-state index in [9.17, 15) is 4.79 Å². The molecule has 1 aliphatic heterocycles. The number of anilines is 1. The molecule has 0 radical (unpaired) electrons. The average molecular weight is 343 g/mol. The number of fused-ring (bicyclic) bond motifs is 1. The highest BCUT2D eigenvalue weighted by molar-refractivity contribution is 9.10. The summed E-state index contributed by atoms with van der Waals surface area (Å²) in [5.74, 6) is 0.00140. The number of benzene rings is 2. The molecule has 0 bridgehead atoms. The molecular formula is C17H15BrN2O. The van der Waals surface area contributed by atoms with Crippen LogP contribution in [0.4, 0.5) is 5.69 Å². The zero-order valence-electron chi connectivity index (χ0n) is 11.4. The number of amides is 1. The minimum atomic E-state index is 0.00140. The summed E-state index contributed by atoms with van der Waals surface area (Å²) in [5.41, 5.74) is 9.22. The second-order valence-corrected chi connectivity index (χ2v) is 5.84. The highest BCUT2D eigenvalue weighted by atomic mass is 79.9. The molecule has 3 rings (SSSR count). The van der Waals surface area contributed by atoms with Crippen molar-refractivity contribution >= 4 is 33.6 Å². The third kappa shape index (κ3) is 2.72. The molecule has 2 aromatic carbocycles. The summed E-state index contributed by atoms with van der Waals surface area (Å²) in [6.07, 6.45) is 4.03. The van der Waals surface area contributed by atoms with Crippen LogP contribution in [0.15, 0.2) is 53.0 Å². The Morgan fingerprint density at radius 3 is 2.67 bits per heavy atom. The first-order valence-corrected chi connectivity index (χ1v) is 7.54. The molecule has 0 spiro atoms. The fraction of sp³-hybridized carbons (Fsp3) is 0.118. The van der Waals surface area contributed by atoms with Gasteiger partial charge in [-0.25, -0.2) is 0 Å². The van der Waals surface area contributed by atoms with Gasteiger partial charge in [-0.1, -0.05) is 58.4 Å². The van der Waals surface area contributed by atoms with E-state index in [4.69, 9.17) is 5.73 Å². The molecule has 0 atom stereocenters. The lowest BCUT2D eigenvalue weighted by molar-refractivity contribution is 0.0797. The zero-order chi connectivity index (χ0) is 14.8. The molecule has 0 aliphatic carbocycles. The summed E-state index contributed by atoms with van der Waals surface area (Å²) in [6.45, 7) is 1.17. The normalized spacial score (nSPS) is 14.0. The molecule has 0 unspecified atom stereocenters. The largest absolute Gasteiger partial charge is 0.398 e. The van der Waals surface area contributed by atoms with Crippen molar-refractivity contribution in [3.8, 4) is 0 Å². The van der Waals surface area contributed by atoms with E-state index in [2.05, 4.69) is 15.9 Å². The Balaban J connectivity index is 1.75. The lowest BCUT2D eigenvalue weighted by Crippen LogP contribution is -2.24. The summed E-state index contributed by atoms with van der Waals surface area (Å²) in [6, 6.07) is 13.7. The van der Waals surface area contributed by atoms with Crippen molar-refractivity contribution < 1.29 is 4.79 Å². The molecule has 106 valence electrons. The summed E-state index contributed by atoms with van der Waals surface area (Å²) < 4.78 is 0.939. The maximum absolute atomic E-state index is 12.4. The lowest BCUT2D eigenvalue weighted by atomic mass is 10.1. The minimum absolute atomic E-state index is 0.00140. The number of rotatable bonds is 3. The van der Waals surface area contributed by atoms with Crippen molar-refractivity contribution in [2.24, 2.45) is 0 Å². The van der Waals surface area contributed by atoms with Crippen LogP contribution in [0.3, 0.4) is 0 Å². The number of nitrogens with two attached hydrogens (primary N) is 1. The van der Waals surface area contributed by atoms with Gasteiger partial charge in [-0.15, -0.1) is 0 Å². The molecular weight excluding hydrogens is 328 g/mol.